The summed E-state index contributed by atoms with van der Waals surface area (Å²) in [5, 5.41) is 18.1. The van der Waals surface area contributed by atoms with Crippen molar-refractivity contribution in [1.82, 2.24) is 20.9 Å². The summed E-state index contributed by atoms with van der Waals surface area (Å²) in [6, 6.07) is 4.38. The van der Waals surface area contributed by atoms with Crippen LogP contribution in [0, 0.1) is 0 Å². The Morgan fingerprint density at radius 1 is 1.00 bits per heavy atom. The first-order chi connectivity index (χ1) is 15.8. The number of benzene rings is 1. The molecule has 0 spiro atoms. The van der Waals surface area contributed by atoms with Crippen molar-refractivity contribution >= 4 is 34.6 Å². The molecule has 1 aromatic carbocycles. The number of aliphatic carboxylic acids is 1. The Kier molecular flexibility index (Phi) is 9.83. The molecule has 1 heterocycles. The highest BCUT2D eigenvalue weighted by Gasteiger charge is 2.28. The van der Waals surface area contributed by atoms with E-state index in [2.05, 4.69) is 20.9 Å². The zero-order valence-electron chi connectivity index (χ0n) is 18.6. The van der Waals surface area contributed by atoms with Gasteiger partial charge in [-0.05, 0) is 44.4 Å². The summed E-state index contributed by atoms with van der Waals surface area (Å²) in [5.41, 5.74) is 12.4. The predicted molar refractivity (Wildman–Crippen MR) is 123 cm³/mol. The number of H-pyrrole nitrogens is 1. The molecule has 3 unspecified atom stereocenters. The first-order valence-electron chi connectivity index (χ1n) is 10.8. The minimum atomic E-state index is -1.19. The highest BCUT2D eigenvalue weighted by atomic mass is 16.4. The van der Waals surface area contributed by atoms with Gasteiger partial charge in [0, 0.05) is 23.5 Å². The van der Waals surface area contributed by atoms with Gasteiger partial charge in [-0.2, -0.15) is 0 Å². The summed E-state index contributed by atoms with van der Waals surface area (Å²) in [7, 11) is 0. The molecule has 0 bridgehead atoms. The number of nitrogens with two attached hydrogens (primary N) is 2. The topological polar surface area (TPSA) is 192 Å². The molecule has 11 heteroatoms. The number of aromatic amines is 1. The summed E-state index contributed by atoms with van der Waals surface area (Å²) in [6.07, 6.45) is 3.24. The number of unbranched alkanes of at least 4 members (excludes halogenated alkanes) is 1. The Balaban J connectivity index is 2.11. The molecule has 0 fully saturated rings. The third kappa shape index (κ3) is 7.58. The van der Waals surface area contributed by atoms with Gasteiger partial charge in [0.2, 0.25) is 17.7 Å². The smallest absolute Gasteiger partial charge is 0.326 e. The SMILES string of the molecule is CC(NC(=O)CN)C(=O)NC(CCCCN)C(=O)NC(Cc1c[nH]c2ccccc12)C(=O)O. The minimum Gasteiger partial charge on any atom is -0.480 e. The van der Waals surface area contributed by atoms with E-state index in [1.165, 1.54) is 6.92 Å². The molecule has 0 aliphatic heterocycles. The van der Waals surface area contributed by atoms with Crippen LogP contribution >= 0.6 is 0 Å². The third-order valence-electron chi connectivity index (χ3n) is 5.25. The van der Waals surface area contributed by atoms with Crippen LogP contribution in [0.15, 0.2) is 30.5 Å². The van der Waals surface area contributed by atoms with Crippen LogP contribution in [0.1, 0.15) is 31.7 Å². The van der Waals surface area contributed by atoms with Crippen molar-refractivity contribution in [2.45, 2.75) is 50.7 Å². The second-order valence-corrected chi connectivity index (χ2v) is 7.80. The summed E-state index contributed by atoms with van der Waals surface area (Å²) in [5.74, 6) is -2.89. The number of carboxylic acid groups (broad SMARTS) is 1. The molecule has 33 heavy (non-hydrogen) atoms. The zero-order chi connectivity index (χ0) is 24.4. The van der Waals surface area contributed by atoms with E-state index < -0.39 is 41.8 Å². The van der Waals surface area contributed by atoms with Crippen molar-refractivity contribution in [1.29, 1.82) is 0 Å². The number of amides is 3. The van der Waals surface area contributed by atoms with Gasteiger partial charge in [0.05, 0.1) is 6.54 Å². The molecule has 3 amide bonds. The number of carbonyl (C=O) groups is 4. The Morgan fingerprint density at radius 2 is 1.70 bits per heavy atom. The van der Waals surface area contributed by atoms with Crippen LogP contribution < -0.4 is 27.4 Å². The normalized spacial score (nSPS) is 13.7. The van der Waals surface area contributed by atoms with Gasteiger partial charge < -0.3 is 37.5 Å². The standard InChI is InChI=1S/C22H32N6O5/c1-13(26-19(29)11-24)20(30)27-17(8-4-5-9-23)21(31)28-18(22(32)33)10-14-12-25-16-7-3-2-6-15(14)16/h2-3,6-7,12-13,17-18,25H,4-5,8-11,23-24H2,1H3,(H,26,29)(H,27,30)(H,28,31)(H,32,33). The van der Waals surface area contributed by atoms with E-state index in [1.807, 2.05) is 24.3 Å². The fraction of sp³-hybridized carbons (Fsp3) is 0.455. The van der Waals surface area contributed by atoms with E-state index in [9.17, 15) is 24.3 Å². The lowest BCUT2D eigenvalue weighted by atomic mass is 10.0. The minimum absolute atomic E-state index is 0.0670. The second-order valence-electron chi connectivity index (χ2n) is 7.80. The third-order valence-corrected chi connectivity index (χ3v) is 5.25. The summed E-state index contributed by atoms with van der Waals surface area (Å²) in [6.45, 7) is 1.62. The molecule has 9 N–H and O–H groups in total. The lowest BCUT2D eigenvalue weighted by Crippen LogP contribution is -2.55. The van der Waals surface area contributed by atoms with Crippen molar-refractivity contribution in [3.05, 3.63) is 36.0 Å². The number of para-hydroxylation sites is 1. The van der Waals surface area contributed by atoms with Crippen molar-refractivity contribution in [3.8, 4) is 0 Å². The molecule has 3 atom stereocenters. The number of aromatic nitrogens is 1. The van der Waals surface area contributed by atoms with Gasteiger partial charge in [-0.25, -0.2) is 4.79 Å². The van der Waals surface area contributed by atoms with Crippen LogP contribution in [-0.2, 0) is 25.6 Å². The Labute approximate surface area is 191 Å². The van der Waals surface area contributed by atoms with Crippen LogP contribution in [0.4, 0.5) is 0 Å². The number of nitrogens with one attached hydrogen (secondary N) is 4. The number of rotatable bonds is 13. The molecule has 180 valence electrons. The molecule has 2 rings (SSSR count). The van der Waals surface area contributed by atoms with Crippen LogP contribution in [0.3, 0.4) is 0 Å². The fourth-order valence-corrected chi connectivity index (χ4v) is 3.42. The zero-order valence-corrected chi connectivity index (χ0v) is 18.6. The molecule has 0 radical (unpaired) electrons. The molecule has 0 aliphatic carbocycles. The number of carbonyl (C=O) groups excluding carboxylic acids is 3. The van der Waals surface area contributed by atoms with Crippen molar-refractivity contribution in [3.63, 3.8) is 0 Å². The molecule has 0 saturated carbocycles. The molecule has 0 aliphatic rings. The van der Waals surface area contributed by atoms with Crippen LogP contribution in [-0.4, -0.2) is 65.0 Å². The quantitative estimate of drug-likeness (QED) is 0.193. The monoisotopic (exact) mass is 460 g/mol. The number of hydrogen-bond acceptors (Lipinski definition) is 6. The maximum absolute atomic E-state index is 12.9. The molecular formula is C22H32N6O5. The van der Waals surface area contributed by atoms with Crippen LogP contribution in [0.2, 0.25) is 0 Å². The van der Waals surface area contributed by atoms with Gasteiger partial charge >= 0.3 is 5.97 Å². The van der Waals surface area contributed by atoms with Gasteiger partial charge in [0.15, 0.2) is 0 Å². The molecule has 1 aromatic heterocycles. The Morgan fingerprint density at radius 3 is 2.36 bits per heavy atom. The van der Waals surface area contributed by atoms with Gasteiger partial charge in [0.25, 0.3) is 0 Å². The van der Waals surface area contributed by atoms with Crippen molar-refractivity contribution in [2.24, 2.45) is 11.5 Å². The number of hydrogen-bond donors (Lipinski definition) is 7. The lowest BCUT2D eigenvalue weighted by Gasteiger charge is -2.23. The molecular weight excluding hydrogens is 428 g/mol. The average Bonchev–Trinajstić information content (AvgIpc) is 3.20. The maximum Gasteiger partial charge on any atom is 0.326 e. The van der Waals surface area contributed by atoms with Crippen LogP contribution in [0.5, 0.6) is 0 Å². The van der Waals surface area contributed by atoms with E-state index in [1.54, 1.807) is 6.20 Å². The van der Waals surface area contributed by atoms with Gasteiger partial charge in [0.1, 0.15) is 18.1 Å². The van der Waals surface area contributed by atoms with Crippen molar-refractivity contribution in [2.75, 3.05) is 13.1 Å². The predicted octanol–water partition coefficient (Wildman–Crippen LogP) is -0.643. The van der Waals surface area contributed by atoms with E-state index in [-0.39, 0.29) is 19.4 Å². The second kappa shape index (κ2) is 12.6. The highest BCUT2D eigenvalue weighted by molar-refractivity contribution is 5.93. The average molecular weight is 461 g/mol. The van der Waals surface area contributed by atoms with E-state index >= 15 is 0 Å². The first-order valence-corrected chi connectivity index (χ1v) is 10.8. The summed E-state index contributed by atoms with van der Waals surface area (Å²) in [4.78, 5) is 51.8. The van der Waals surface area contributed by atoms with E-state index in [0.29, 0.717) is 19.4 Å². The van der Waals surface area contributed by atoms with Gasteiger partial charge in [-0.1, -0.05) is 18.2 Å². The Bertz CT molecular complexity index is 975. The van der Waals surface area contributed by atoms with E-state index in [0.717, 1.165) is 16.5 Å². The van der Waals surface area contributed by atoms with Gasteiger partial charge in [-0.3, -0.25) is 14.4 Å². The fourth-order valence-electron chi connectivity index (χ4n) is 3.42. The molecule has 0 saturated heterocycles. The van der Waals surface area contributed by atoms with Gasteiger partial charge in [-0.15, -0.1) is 0 Å². The first kappa shape index (κ1) is 25.8. The number of fused-ring (bicyclic) bond motifs is 1. The lowest BCUT2D eigenvalue weighted by molar-refractivity contribution is -0.142. The maximum atomic E-state index is 12.9. The molecule has 11 nitrogen and oxygen atoms in total. The Hall–Kier alpha value is -3.44. The largest absolute Gasteiger partial charge is 0.480 e. The molecule has 2 aromatic rings. The number of carboxylic acids is 1. The van der Waals surface area contributed by atoms with Crippen molar-refractivity contribution < 1.29 is 24.3 Å². The van der Waals surface area contributed by atoms with Crippen LogP contribution in [0.25, 0.3) is 10.9 Å². The van der Waals surface area contributed by atoms with E-state index in [4.69, 9.17) is 11.5 Å². The summed E-state index contributed by atoms with van der Waals surface area (Å²) < 4.78 is 0. The highest BCUT2D eigenvalue weighted by Crippen LogP contribution is 2.19. The summed E-state index contributed by atoms with van der Waals surface area (Å²) >= 11 is 0.